The summed E-state index contributed by atoms with van der Waals surface area (Å²) in [7, 11) is 0. The van der Waals surface area contributed by atoms with E-state index in [-0.39, 0.29) is 50.0 Å². The normalized spacial score (nSPS) is 25.3. The van der Waals surface area contributed by atoms with Crippen LogP contribution in [0.2, 0.25) is 0 Å². The van der Waals surface area contributed by atoms with Crippen molar-refractivity contribution < 1.29 is 0 Å². The summed E-state index contributed by atoms with van der Waals surface area (Å²) >= 11 is 2.19. The van der Waals surface area contributed by atoms with Gasteiger partial charge in [0.25, 0.3) is 6.71 Å². The molecule has 3 aliphatic heterocycles. The Labute approximate surface area is 397 Å². The fraction of sp³-hybridized carbons (Fsp3) is 0.541. The minimum Gasteiger partial charge on any atom is -0.311 e. The molecule has 0 fully saturated rings. The lowest BCUT2D eigenvalue weighted by Crippen LogP contribution is -2.62. The summed E-state index contributed by atoms with van der Waals surface area (Å²) in [4.78, 5) is 7.32. The Morgan fingerprint density at radius 2 is 0.908 bits per heavy atom. The molecule has 0 saturated carbocycles. The highest BCUT2D eigenvalue weighted by Gasteiger charge is 2.56. The van der Waals surface area contributed by atoms with Crippen LogP contribution < -0.4 is 25.5 Å². The van der Waals surface area contributed by atoms with Gasteiger partial charge in [-0.1, -0.05) is 128 Å². The van der Waals surface area contributed by atoms with Crippen molar-refractivity contribution in [3.05, 3.63) is 109 Å². The van der Waals surface area contributed by atoms with E-state index in [9.17, 15) is 0 Å². The molecule has 4 heterocycles. The fourth-order valence-electron chi connectivity index (χ4n) is 14.9. The molecule has 2 nitrogen and oxygen atoms in total. The van der Waals surface area contributed by atoms with Crippen molar-refractivity contribution >= 4 is 67.9 Å². The van der Waals surface area contributed by atoms with E-state index in [1.807, 2.05) is 0 Å². The predicted octanol–water partition coefficient (Wildman–Crippen LogP) is 15.2. The third-order valence-electron chi connectivity index (χ3n) is 19.6. The molecule has 12 rings (SSSR count). The summed E-state index contributed by atoms with van der Waals surface area (Å²) in [6.07, 6.45) is 9.66. The lowest BCUT2D eigenvalue weighted by molar-refractivity contribution is 0.327. The van der Waals surface area contributed by atoms with Gasteiger partial charge in [0.15, 0.2) is 0 Å². The van der Waals surface area contributed by atoms with Crippen LogP contribution in [0.5, 0.6) is 0 Å². The van der Waals surface area contributed by atoms with Crippen LogP contribution in [0.25, 0.3) is 0 Å². The van der Waals surface area contributed by atoms with Gasteiger partial charge < -0.3 is 9.80 Å². The molecule has 1 aromatic heterocycles. The monoisotopic (exact) mass is 879 g/mol. The lowest BCUT2D eigenvalue weighted by atomic mass is 9.35. The molecular formula is C61H75BN2S. The highest BCUT2D eigenvalue weighted by atomic mass is 32.1. The number of fused-ring (bicyclic) bond motifs is 11. The molecular weight excluding hydrogens is 804 g/mol. The van der Waals surface area contributed by atoms with Crippen molar-refractivity contribution in [2.45, 2.75) is 212 Å². The number of rotatable bonds is 1. The standard InChI is InChI=1S/C61H75BN2S/c1-34-28-45-49-46(29-34)64-44-33-40-38(56(7,8)21-23-58(40,11)12)31-41(44)61(17)27-26-54(3,4)36-18-19-42(50(64)47(36)61)62(49)53-51(48-52(65-53)60(15,16)25-24-59(48,13)14)63(45)43-32-39-37(30-35(43)2)55(5,6)20-22-57(39,9)10/h18-19,28-33H,20-27H2,1-17H3. The number of hydrogen-bond donors (Lipinski definition) is 0. The molecule has 5 aromatic rings. The second kappa shape index (κ2) is 12.5. The van der Waals surface area contributed by atoms with Gasteiger partial charge in [-0.15, -0.1) is 0 Å². The number of anilines is 6. The summed E-state index contributed by atoms with van der Waals surface area (Å²) < 4.78 is 1.57. The van der Waals surface area contributed by atoms with Gasteiger partial charge in [0, 0.05) is 37.8 Å². The third kappa shape index (κ3) is 5.36. The van der Waals surface area contributed by atoms with Gasteiger partial charge in [0.05, 0.1) is 11.4 Å². The molecule has 0 radical (unpaired) electrons. The molecule has 338 valence electrons. The van der Waals surface area contributed by atoms with Gasteiger partial charge in [-0.05, 0) is 194 Å². The number of nitrogens with zero attached hydrogens (tertiary/aromatic N) is 2. The molecule has 0 N–H and O–H groups in total. The van der Waals surface area contributed by atoms with Crippen molar-refractivity contribution in [1.82, 2.24) is 0 Å². The smallest absolute Gasteiger partial charge is 0.264 e. The van der Waals surface area contributed by atoms with Crippen LogP contribution in [-0.2, 0) is 43.3 Å². The van der Waals surface area contributed by atoms with Crippen LogP contribution in [0.4, 0.5) is 34.1 Å². The first-order valence-corrected chi connectivity index (χ1v) is 26.4. The maximum absolute atomic E-state index is 2.85. The minimum atomic E-state index is -0.0814. The van der Waals surface area contributed by atoms with E-state index >= 15 is 0 Å². The molecule has 4 heteroatoms. The fourth-order valence-corrected chi connectivity index (χ4v) is 16.6. The Bertz CT molecular complexity index is 2980. The first-order valence-electron chi connectivity index (χ1n) is 25.6. The van der Waals surface area contributed by atoms with E-state index in [0.29, 0.717) is 0 Å². The van der Waals surface area contributed by atoms with Crippen LogP contribution in [-0.4, -0.2) is 6.71 Å². The summed E-state index contributed by atoms with van der Waals surface area (Å²) in [5, 5.41) is 0. The third-order valence-corrected chi connectivity index (χ3v) is 21.2. The van der Waals surface area contributed by atoms with Crippen LogP contribution in [0, 0.1) is 13.8 Å². The predicted molar refractivity (Wildman–Crippen MR) is 282 cm³/mol. The van der Waals surface area contributed by atoms with Crippen molar-refractivity contribution in [3.8, 4) is 0 Å². The zero-order valence-electron chi connectivity index (χ0n) is 43.2. The van der Waals surface area contributed by atoms with E-state index < -0.39 is 0 Å². The molecule has 7 aliphatic rings. The van der Waals surface area contributed by atoms with Gasteiger partial charge >= 0.3 is 0 Å². The highest BCUT2D eigenvalue weighted by Crippen LogP contribution is 2.64. The number of aryl methyl sites for hydroxylation is 2. The Hall–Kier alpha value is -3.76. The van der Waals surface area contributed by atoms with Gasteiger partial charge in [0.2, 0.25) is 0 Å². The molecule has 0 amide bonds. The molecule has 1 atom stereocenters. The maximum atomic E-state index is 2.85. The number of benzene rings is 4. The summed E-state index contributed by atoms with van der Waals surface area (Å²) in [5.74, 6) is 0. The second-order valence-corrected chi connectivity index (χ2v) is 28.4. The van der Waals surface area contributed by atoms with Crippen LogP contribution >= 0.6 is 11.3 Å². The van der Waals surface area contributed by atoms with Crippen molar-refractivity contribution in [2.75, 3.05) is 9.80 Å². The first-order chi connectivity index (χ1) is 30.1. The summed E-state index contributed by atoms with van der Waals surface area (Å²) in [5.41, 5.74) is 27.6. The second-order valence-electron chi connectivity index (χ2n) is 27.4. The van der Waals surface area contributed by atoms with E-state index in [1.54, 1.807) is 54.2 Å². The van der Waals surface area contributed by atoms with Gasteiger partial charge in [-0.3, -0.25) is 0 Å². The van der Waals surface area contributed by atoms with Crippen molar-refractivity contribution in [2.24, 2.45) is 0 Å². The molecule has 0 spiro atoms. The highest BCUT2D eigenvalue weighted by molar-refractivity contribution is 7.29. The SMILES string of the molecule is Cc1cc2c3c(c1)N1c4cc5c(cc4C4(C)CCC(C)(C)c6ccc(c1c64)B3c1sc3c(c1N2c1cc2c(cc1C)C(C)(C)CCC2(C)C)C(C)(C)CCC3(C)C)C(C)(C)CCC5(C)C. The number of thiophene rings is 1. The van der Waals surface area contributed by atoms with Gasteiger partial charge in [-0.2, -0.15) is 11.3 Å². The Morgan fingerprint density at radius 1 is 0.431 bits per heavy atom. The van der Waals surface area contributed by atoms with Crippen LogP contribution in [0.15, 0.2) is 48.5 Å². The first kappa shape index (κ1) is 42.6. The van der Waals surface area contributed by atoms with E-state index in [4.69, 9.17) is 0 Å². The van der Waals surface area contributed by atoms with Gasteiger partial charge in [0.1, 0.15) is 0 Å². The van der Waals surface area contributed by atoms with Crippen molar-refractivity contribution in [3.63, 3.8) is 0 Å². The zero-order chi connectivity index (χ0) is 46.3. The minimum absolute atomic E-state index is 0.0484. The molecule has 65 heavy (non-hydrogen) atoms. The molecule has 0 bridgehead atoms. The average molecular weight is 879 g/mol. The van der Waals surface area contributed by atoms with Gasteiger partial charge in [-0.25, -0.2) is 0 Å². The molecule has 4 aromatic carbocycles. The quantitative estimate of drug-likeness (QED) is 0.152. The summed E-state index contributed by atoms with van der Waals surface area (Å²) in [6, 6.07) is 21.2. The Morgan fingerprint density at radius 3 is 1.51 bits per heavy atom. The molecule has 0 saturated heterocycles. The molecule has 4 aliphatic carbocycles. The average Bonchev–Trinajstić information content (AvgIpc) is 3.64. The van der Waals surface area contributed by atoms with Crippen LogP contribution in [0.3, 0.4) is 0 Å². The largest absolute Gasteiger partial charge is 0.311 e. The zero-order valence-corrected chi connectivity index (χ0v) is 44.0. The number of hydrogen-bond acceptors (Lipinski definition) is 3. The van der Waals surface area contributed by atoms with E-state index in [0.717, 1.165) is 0 Å². The Kier molecular flexibility index (Phi) is 8.17. The lowest BCUT2D eigenvalue weighted by Gasteiger charge is -2.55. The Balaban J connectivity index is 1.24. The van der Waals surface area contributed by atoms with E-state index in [2.05, 4.69) is 187 Å². The van der Waals surface area contributed by atoms with Crippen LogP contribution in [0.1, 0.15) is 216 Å². The maximum Gasteiger partial charge on any atom is 0.264 e. The topological polar surface area (TPSA) is 6.48 Å². The van der Waals surface area contributed by atoms with E-state index in [1.165, 1.54) is 108 Å². The summed E-state index contributed by atoms with van der Waals surface area (Å²) in [6.45, 7) is 42.9. The molecule has 1 unspecified atom stereocenters. The van der Waals surface area contributed by atoms with Crippen molar-refractivity contribution in [1.29, 1.82) is 0 Å².